The Morgan fingerprint density at radius 1 is 1.15 bits per heavy atom. The van der Waals surface area contributed by atoms with E-state index in [4.69, 9.17) is 16.3 Å². The minimum atomic E-state index is -0.303. The van der Waals surface area contributed by atoms with E-state index < -0.39 is 0 Å². The first-order valence-corrected chi connectivity index (χ1v) is 8.34. The Hall–Kier alpha value is -2.99. The van der Waals surface area contributed by atoms with Crippen LogP contribution in [-0.2, 0) is 0 Å². The van der Waals surface area contributed by atoms with Gasteiger partial charge in [0.25, 0.3) is 5.91 Å². The zero-order valence-electron chi connectivity index (χ0n) is 14.7. The quantitative estimate of drug-likeness (QED) is 0.741. The normalized spacial score (nSPS) is 10.5. The molecule has 1 heterocycles. The van der Waals surface area contributed by atoms with Crippen molar-refractivity contribution in [3.63, 3.8) is 0 Å². The van der Waals surface area contributed by atoms with Gasteiger partial charge in [0.05, 0.1) is 29.2 Å². The van der Waals surface area contributed by atoms with Crippen LogP contribution in [0.2, 0.25) is 5.02 Å². The number of para-hydroxylation sites is 1. The maximum atomic E-state index is 12.6. The monoisotopic (exact) mass is 370 g/mol. The van der Waals surface area contributed by atoms with Gasteiger partial charge >= 0.3 is 0 Å². The Morgan fingerprint density at radius 3 is 2.54 bits per heavy atom. The number of halogens is 1. The molecule has 6 nitrogen and oxygen atoms in total. The molecular formula is C19H19ClN4O2. The smallest absolute Gasteiger partial charge is 0.276 e. The molecule has 0 aliphatic carbocycles. The fourth-order valence-electron chi connectivity index (χ4n) is 2.58. The van der Waals surface area contributed by atoms with Gasteiger partial charge in [-0.15, -0.1) is 0 Å². The number of hydrogen-bond donors (Lipinski definition) is 1. The third-order valence-corrected chi connectivity index (χ3v) is 4.15. The van der Waals surface area contributed by atoms with Crippen molar-refractivity contribution in [3.05, 3.63) is 65.4 Å². The van der Waals surface area contributed by atoms with Crippen LogP contribution in [0.3, 0.4) is 0 Å². The number of anilines is 2. The van der Waals surface area contributed by atoms with Gasteiger partial charge in [0.15, 0.2) is 5.69 Å². The molecular weight excluding hydrogens is 352 g/mol. The molecule has 0 aliphatic heterocycles. The molecule has 1 amide bonds. The van der Waals surface area contributed by atoms with Crippen LogP contribution in [0.25, 0.3) is 5.69 Å². The first-order valence-electron chi connectivity index (χ1n) is 7.97. The minimum absolute atomic E-state index is 0.303. The van der Waals surface area contributed by atoms with Crippen molar-refractivity contribution in [2.75, 3.05) is 31.4 Å². The van der Waals surface area contributed by atoms with Gasteiger partial charge in [-0.1, -0.05) is 17.7 Å². The number of methoxy groups -OCH3 is 1. The molecule has 0 aliphatic rings. The molecule has 0 spiro atoms. The van der Waals surface area contributed by atoms with E-state index in [0.29, 0.717) is 16.4 Å². The molecule has 0 saturated carbocycles. The maximum absolute atomic E-state index is 12.6. The van der Waals surface area contributed by atoms with Gasteiger partial charge in [0, 0.05) is 20.3 Å². The van der Waals surface area contributed by atoms with Crippen LogP contribution in [0.1, 0.15) is 10.5 Å². The lowest BCUT2D eigenvalue weighted by Crippen LogP contribution is -2.17. The SMILES string of the molecule is COc1ccc(-n2ccc(C(=O)Nc3cccc(Cl)c3N(C)C)n2)cc1. The zero-order valence-corrected chi connectivity index (χ0v) is 15.5. The standard InChI is InChI=1S/C19H19ClN4O2/c1-23(2)18-15(20)5-4-6-16(18)21-19(25)17-11-12-24(22-17)13-7-9-14(26-3)10-8-13/h4-12H,1-3H3,(H,21,25). The highest BCUT2D eigenvalue weighted by atomic mass is 35.5. The summed E-state index contributed by atoms with van der Waals surface area (Å²) in [5.41, 5.74) is 2.52. The average molecular weight is 371 g/mol. The molecule has 1 N–H and O–H groups in total. The van der Waals surface area contributed by atoms with Crippen molar-refractivity contribution in [3.8, 4) is 11.4 Å². The molecule has 0 unspecified atom stereocenters. The fourth-order valence-corrected chi connectivity index (χ4v) is 2.92. The first kappa shape index (κ1) is 17.8. The van der Waals surface area contributed by atoms with Crippen LogP contribution in [0, 0.1) is 0 Å². The number of nitrogens with zero attached hydrogens (tertiary/aromatic N) is 3. The predicted molar refractivity (Wildman–Crippen MR) is 104 cm³/mol. The highest BCUT2D eigenvalue weighted by Crippen LogP contribution is 2.32. The van der Waals surface area contributed by atoms with Crippen molar-refractivity contribution in [2.24, 2.45) is 0 Å². The Bertz CT molecular complexity index is 920. The summed E-state index contributed by atoms with van der Waals surface area (Å²) < 4.78 is 6.78. The number of aromatic nitrogens is 2. The number of carbonyl (C=O) groups is 1. The second kappa shape index (κ2) is 7.49. The Morgan fingerprint density at radius 2 is 1.88 bits per heavy atom. The van der Waals surface area contributed by atoms with Gasteiger partial charge in [-0.3, -0.25) is 4.79 Å². The highest BCUT2D eigenvalue weighted by molar-refractivity contribution is 6.34. The number of carbonyl (C=O) groups excluding carboxylic acids is 1. The third kappa shape index (κ3) is 3.65. The topological polar surface area (TPSA) is 59.4 Å². The summed E-state index contributed by atoms with van der Waals surface area (Å²) >= 11 is 6.24. The number of hydrogen-bond acceptors (Lipinski definition) is 4. The van der Waals surface area contributed by atoms with Crippen LogP contribution in [-0.4, -0.2) is 36.9 Å². The second-order valence-electron chi connectivity index (χ2n) is 5.83. The minimum Gasteiger partial charge on any atom is -0.497 e. The number of ether oxygens (including phenoxy) is 1. The molecule has 0 radical (unpaired) electrons. The van der Waals surface area contributed by atoms with Crippen LogP contribution in [0.5, 0.6) is 5.75 Å². The Kier molecular flexibility index (Phi) is 5.14. The van der Waals surface area contributed by atoms with E-state index in [2.05, 4.69) is 10.4 Å². The van der Waals surface area contributed by atoms with E-state index in [9.17, 15) is 4.79 Å². The summed E-state index contributed by atoms with van der Waals surface area (Å²) in [6, 6.07) is 14.5. The summed E-state index contributed by atoms with van der Waals surface area (Å²) in [5.74, 6) is 0.457. The molecule has 7 heteroatoms. The Labute approximate surface area is 157 Å². The van der Waals surface area contributed by atoms with Gasteiger partial charge in [0.2, 0.25) is 0 Å². The van der Waals surface area contributed by atoms with Crippen LogP contribution >= 0.6 is 11.6 Å². The number of benzene rings is 2. The largest absolute Gasteiger partial charge is 0.497 e. The summed E-state index contributed by atoms with van der Waals surface area (Å²) in [5, 5.41) is 7.78. The number of amides is 1. The van der Waals surface area contributed by atoms with E-state index in [1.165, 1.54) is 0 Å². The molecule has 1 aromatic heterocycles. The first-order chi connectivity index (χ1) is 12.5. The molecule has 134 valence electrons. The molecule has 0 saturated heterocycles. The van der Waals surface area contributed by atoms with Gasteiger partial charge in [0.1, 0.15) is 5.75 Å². The van der Waals surface area contributed by atoms with E-state index in [1.54, 1.807) is 42.3 Å². The van der Waals surface area contributed by atoms with Crippen molar-refractivity contribution in [2.45, 2.75) is 0 Å². The Balaban J connectivity index is 1.82. The zero-order chi connectivity index (χ0) is 18.7. The molecule has 26 heavy (non-hydrogen) atoms. The van der Waals surface area contributed by atoms with Crippen molar-refractivity contribution in [1.29, 1.82) is 0 Å². The lowest BCUT2D eigenvalue weighted by Gasteiger charge is -2.19. The second-order valence-corrected chi connectivity index (χ2v) is 6.24. The van der Waals surface area contributed by atoms with Crippen LogP contribution in [0.15, 0.2) is 54.7 Å². The molecule has 3 aromatic rings. The van der Waals surface area contributed by atoms with Gasteiger partial charge in [-0.2, -0.15) is 5.10 Å². The summed E-state index contributed by atoms with van der Waals surface area (Å²) in [6.45, 7) is 0. The van der Waals surface area contributed by atoms with Gasteiger partial charge in [-0.05, 0) is 42.5 Å². The summed E-state index contributed by atoms with van der Waals surface area (Å²) in [4.78, 5) is 14.4. The van der Waals surface area contributed by atoms with E-state index in [0.717, 1.165) is 17.1 Å². The third-order valence-electron chi connectivity index (χ3n) is 3.84. The maximum Gasteiger partial charge on any atom is 0.276 e. The molecule has 2 aromatic carbocycles. The highest BCUT2D eigenvalue weighted by Gasteiger charge is 2.15. The summed E-state index contributed by atoms with van der Waals surface area (Å²) in [7, 11) is 5.35. The van der Waals surface area contributed by atoms with Crippen LogP contribution < -0.4 is 15.0 Å². The van der Waals surface area contributed by atoms with Gasteiger partial charge < -0.3 is 15.0 Å². The van der Waals surface area contributed by atoms with E-state index in [-0.39, 0.29) is 5.91 Å². The number of nitrogens with one attached hydrogen (secondary N) is 1. The van der Waals surface area contributed by atoms with Crippen molar-refractivity contribution >= 4 is 28.9 Å². The fraction of sp³-hybridized carbons (Fsp3) is 0.158. The van der Waals surface area contributed by atoms with Crippen molar-refractivity contribution < 1.29 is 9.53 Å². The predicted octanol–water partition coefficient (Wildman–Crippen LogP) is 3.85. The molecule has 3 rings (SSSR count). The van der Waals surface area contributed by atoms with Crippen molar-refractivity contribution in [1.82, 2.24) is 9.78 Å². The lowest BCUT2D eigenvalue weighted by atomic mass is 10.2. The van der Waals surface area contributed by atoms with Crippen LogP contribution in [0.4, 0.5) is 11.4 Å². The van der Waals surface area contributed by atoms with Gasteiger partial charge in [-0.25, -0.2) is 4.68 Å². The molecule has 0 fully saturated rings. The molecule has 0 bridgehead atoms. The summed E-state index contributed by atoms with van der Waals surface area (Å²) in [6.07, 6.45) is 1.74. The molecule has 0 atom stereocenters. The average Bonchev–Trinajstić information content (AvgIpc) is 3.12. The number of rotatable bonds is 5. The van der Waals surface area contributed by atoms with E-state index >= 15 is 0 Å². The van der Waals surface area contributed by atoms with E-state index in [1.807, 2.05) is 43.3 Å². The lowest BCUT2D eigenvalue weighted by molar-refractivity contribution is 0.102.